The van der Waals surface area contributed by atoms with E-state index in [-0.39, 0.29) is 12.4 Å². The molecule has 6 heteroatoms. The van der Waals surface area contributed by atoms with Gasteiger partial charge in [0.1, 0.15) is 5.75 Å². The van der Waals surface area contributed by atoms with Crippen LogP contribution in [0.5, 0.6) is 5.75 Å². The molecule has 1 N–H and O–H groups in total. The number of aromatic nitrogens is 1. The third kappa shape index (κ3) is 3.52. The first-order chi connectivity index (χ1) is 11.3. The monoisotopic (exact) mass is 365 g/mol. The van der Waals surface area contributed by atoms with Gasteiger partial charge in [0.05, 0.1) is 6.61 Å². The Morgan fingerprint density at radius 3 is 3.12 bits per heavy atom. The van der Waals surface area contributed by atoms with E-state index < -0.39 is 0 Å². The van der Waals surface area contributed by atoms with Gasteiger partial charge in [-0.1, -0.05) is 17.7 Å². The van der Waals surface area contributed by atoms with Crippen LogP contribution in [0.3, 0.4) is 0 Å². The summed E-state index contributed by atoms with van der Waals surface area (Å²) in [6.07, 6.45) is 4.74. The van der Waals surface area contributed by atoms with Gasteiger partial charge < -0.3 is 10.1 Å². The minimum atomic E-state index is 0. The number of hydrogen-bond acceptors (Lipinski definition) is 4. The number of nitrogens with zero attached hydrogens (tertiary/aromatic N) is 2. The number of fused-ring (bicyclic) bond motifs is 1. The van der Waals surface area contributed by atoms with Crippen molar-refractivity contribution in [2.24, 2.45) is 0 Å². The molecule has 2 aliphatic heterocycles. The van der Waals surface area contributed by atoms with E-state index in [2.05, 4.69) is 21.3 Å². The second kappa shape index (κ2) is 7.70. The molecule has 0 aliphatic carbocycles. The van der Waals surface area contributed by atoms with Crippen LogP contribution in [-0.4, -0.2) is 36.1 Å². The SMILES string of the molecule is Cl.Clc1cc2c(c(CN3CCNCC3c3cccnc3)c1)OCC2. The molecule has 0 saturated carbocycles. The third-order valence-corrected chi connectivity index (χ3v) is 4.84. The Kier molecular flexibility index (Phi) is 5.61. The molecule has 1 saturated heterocycles. The molecule has 2 aromatic rings. The molecular weight excluding hydrogens is 345 g/mol. The Hall–Kier alpha value is -1.33. The van der Waals surface area contributed by atoms with Gasteiger partial charge in [-0.3, -0.25) is 9.88 Å². The summed E-state index contributed by atoms with van der Waals surface area (Å²) >= 11 is 6.30. The van der Waals surface area contributed by atoms with Crippen molar-refractivity contribution in [1.82, 2.24) is 15.2 Å². The third-order valence-electron chi connectivity index (χ3n) is 4.62. The number of halogens is 2. The largest absolute Gasteiger partial charge is 0.493 e. The molecule has 1 aromatic heterocycles. The summed E-state index contributed by atoms with van der Waals surface area (Å²) in [5, 5.41) is 4.29. The van der Waals surface area contributed by atoms with Crippen molar-refractivity contribution >= 4 is 24.0 Å². The van der Waals surface area contributed by atoms with Crippen LogP contribution in [0.2, 0.25) is 5.02 Å². The molecule has 0 spiro atoms. The lowest BCUT2D eigenvalue weighted by atomic mass is 10.0. The van der Waals surface area contributed by atoms with Gasteiger partial charge in [-0.05, 0) is 29.3 Å². The van der Waals surface area contributed by atoms with Gasteiger partial charge >= 0.3 is 0 Å². The van der Waals surface area contributed by atoms with E-state index in [4.69, 9.17) is 16.3 Å². The average molecular weight is 366 g/mol. The van der Waals surface area contributed by atoms with Crippen molar-refractivity contribution in [3.63, 3.8) is 0 Å². The zero-order chi connectivity index (χ0) is 15.6. The van der Waals surface area contributed by atoms with E-state index >= 15 is 0 Å². The highest BCUT2D eigenvalue weighted by atomic mass is 35.5. The van der Waals surface area contributed by atoms with Gasteiger partial charge in [0.25, 0.3) is 0 Å². The molecule has 1 unspecified atom stereocenters. The Morgan fingerprint density at radius 1 is 1.38 bits per heavy atom. The molecule has 1 fully saturated rings. The van der Waals surface area contributed by atoms with Crippen molar-refractivity contribution in [2.45, 2.75) is 19.0 Å². The minimum Gasteiger partial charge on any atom is -0.493 e. The maximum Gasteiger partial charge on any atom is 0.127 e. The lowest BCUT2D eigenvalue weighted by Gasteiger charge is -2.36. The molecule has 3 heterocycles. The standard InChI is InChI=1S/C18H20ClN3O.ClH/c19-16-8-13-3-7-23-18(13)15(9-16)12-22-6-5-21-11-17(22)14-2-1-4-20-10-14;/h1-2,4,8-10,17,21H,3,5-7,11-12H2;1H. The van der Waals surface area contributed by atoms with Gasteiger partial charge in [-0.2, -0.15) is 0 Å². The van der Waals surface area contributed by atoms with E-state index in [1.54, 1.807) is 0 Å². The average Bonchev–Trinajstić information content (AvgIpc) is 3.04. The van der Waals surface area contributed by atoms with Crippen LogP contribution in [0.1, 0.15) is 22.7 Å². The predicted molar refractivity (Wildman–Crippen MR) is 98.2 cm³/mol. The number of ether oxygens (including phenoxy) is 1. The van der Waals surface area contributed by atoms with Crippen molar-refractivity contribution < 1.29 is 4.74 Å². The maximum absolute atomic E-state index is 6.30. The van der Waals surface area contributed by atoms with Crippen LogP contribution in [-0.2, 0) is 13.0 Å². The fourth-order valence-corrected chi connectivity index (χ4v) is 3.78. The number of hydrogen-bond donors (Lipinski definition) is 1. The summed E-state index contributed by atoms with van der Waals surface area (Å²) in [4.78, 5) is 6.76. The molecule has 0 amide bonds. The van der Waals surface area contributed by atoms with Crippen LogP contribution < -0.4 is 10.1 Å². The fraction of sp³-hybridized carbons (Fsp3) is 0.389. The lowest BCUT2D eigenvalue weighted by molar-refractivity contribution is 0.152. The molecule has 0 radical (unpaired) electrons. The van der Waals surface area contributed by atoms with Crippen molar-refractivity contribution in [3.8, 4) is 5.75 Å². The highest BCUT2D eigenvalue weighted by Gasteiger charge is 2.26. The molecule has 4 rings (SSSR count). The first kappa shape index (κ1) is 17.5. The van der Waals surface area contributed by atoms with E-state index in [0.29, 0.717) is 6.04 Å². The number of benzene rings is 1. The van der Waals surface area contributed by atoms with Crippen molar-refractivity contribution in [1.29, 1.82) is 0 Å². The van der Waals surface area contributed by atoms with Gasteiger partial charge in [0.15, 0.2) is 0 Å². The van der Waals surface area contributed by atoms with Gasteiger partial charge in [0.2, 0.25) is 0 Å². The fourth-order valence-electron chi connectivity index (χ4n) is 3.52. The van der Waals surface area contributed by atoms with Gasteiger partial charge in [-0.25, -0.2) is 0 Å². The first-order valence-corrected chi connectivity index (χ1v) is 8.48. The Morgan fingerprint density at radius 2 is 2.29 bits per heavy atom. The predicted octanol–water partition coefficient (Wildman–Crippen LogP) is 3.24. The van der Waals surface area contributed by atoms with Crippen molar-refractivity contribution in [3.05, 3.63) is 58.4 Å². The number of nitrogens with one attached hydrogen (secondary N) is 1. The van der Waals surface area contributed by atoms with Crippen molar-refractivity contribution in [2.75, 3.05) is 26.2 Å². The first-order valence-electron chi connectivity index (χ1n) is 8.10. The van der Waals surface area contributed by atoms with Gasteiger partial charge in [-0.15, -0.1) is 12.4 Å². The molecule has 2 aliphatic rings. The molecule has 24 heavy (non-hydrogen) atoms. The van der Waals surface area contributed by atoms with E-state index in [9.17, 15) is 0 Å². The Labute approximate surface area is 153 Å². The van der Waals surface area contributed by atoms with Crippen LogP contribution in [0, 0.1) is 0 Å². The van der Waals surface area contributed by atoms with Crippen LogP contribution in [0.25, 0.3) is 0 Å². The molecule has 128 valence electrons. The van der Waals surface area contributed by atoms with E-state index in [1.165, 1.54) is 16.7 Å². The quantitative estimate of drug-likeness (QED) is 0.905. The van der Waals surface area contributed by atoms with Crippen LogP contribution >= 0.6 is 24.0 Å². The van der Waals surface area contributed by atoms with Crippen LogP contribution in [0.4, 0.5) is 0 Å². The summed E-state index contributed by atoms with van der Waals surface area (Å²) < 4.78 is 5.85. The number of piperazine rings is 1. The summed E-state index contributed by atoms with van der Waals surface area (Å²) in [5.41, 5.74) is 3.68. The number of pyridine rings is 1. The highest BCUT2D eigenvalue weighted by molar-refractivity contribution is 6.30. The van der Waals surface area contributed by atoms with E-state index in [1.807, 2.05) is 30.6 Å². The Balaban J connectivity index is 0.00000169. The molecular formula is C18H21Cl2N3O. The molecule has 4 nitrogen and oxygen atoms in total. The molecule has 0 bridgehead atoms. The number of rotatable bonds is 3. The van der Waals surface area contributed by atoms with E-state index in [0.717, 1.165) is 50.0 Å². The summed E-state index contributed by atoms with van der Waals surface area (Å²) in [5.74, 6) is 1.04. The highest BCUT2D eigenvalue weighted by Crippen LogP contribution is 2.35. The minimum absolute atomic E-state index is 0. The molecule has 1 aromatic carbocycles. The maximum atomic E-state index is 6.30. The van der Waals surface area contributed by atoms with Crippen LogP contribution in [0.15, 0.2) is 36.7 Å². The second-order valence-electron chi connectivity index (χ2n) is 6.13. The zero-order valence-corrected chi connectivity index (χ0v) is 14.9. The zero-order valence-electron chi connectivity index (χ0n) is 13.4. The lowest BCUT2D eigenvalue weighted by Crippen LogP contribution is -2.45. The molecule has 1 atom stereocenters. The normalized spacial score (nSPS) is 20.1. The summed E-state index contributed by atoms with van der Waals surface area (Å²) in [7, 11) is 0. The summed E-state index contributed by atoms with van der Waals surface area (Å²) in [6, 6.07) is 8.56. The summed E-state index contributed by atoms with van der Waals surface area (Å²) in [6.45, 7) is 4.55. The smallest absolute Gasteiger partial charge is 0.127 e. The van der Waals surface area contributed by atoms with Gasteiger partial charge in [0, 0.05) is 61.6 Å². The Bertz CT molecular complexity index is 696. The second-order valence-corrected chi connectivity index (χ2v) is 6.56. The topological polar surface area (TPSA) is 37.4 Å².